The highest BCUT2D eigenvalue weighted by Gasteiger charge is 2.19. The van der Waals surface area contributed by atoms with E-state index in [1.54, 1.807) is 12.3 Å². The van der Waals surface area contributed by atoms with Gasteiger partial charge in [0, 0.05) is 28.6 Å². The van der Waals surface area contributed by atoms with Gasteiger partial charge in [0.05, 0.1) is 16.7 Å². The smallest absolute Gasteiger partial charge is 0.178 e. The van der Waals surface area contributed by atoms with E-state index in [9.17, 15) is 4.39 Å². The number of allylic oxidation sites excluding steroid dienone is 5. The van der Waals surface area contributed by atoms with Crippen molar-refractivity contribution in [2.45, 2.75) is 34.6 Å². The highest BCUT2D eigenvalue weighted by atomic mass is 19.1. The maximum absolute atomic E-state index is 14.2. The molecule has 0 saturated heterocycles. The van der Waals surface area contributed by atoms with Gasteiger partial charge in [0.2, 0.25) is 0 Å². The van der Waals surface area contributed by atoms with Crippen LogP contribution in [0.4, 0.5) is 4.39 Å². The van der Waals surface area contributed by atoms with Crippen LogP contribution in [0.2, 0.25) is 0 Å². The molecule has 40 heavy (non-hydrogen) atoms. The zero-order valence-corrected chi connectivity index (χ0v) is 23.4. The Morgan fingerprint density at radius 1 is 1.10 bits per heavy atom. The number of aromatic nitrogens is 6. The molecule has 0 saturated carbocycles. The zero-order valence-electron chi connectivity index (χ0n) is 23.4. The Morgan fingerprint density at radius 2 is 1.90 bits per heavy atom. The molecule has 0 radical (unpaired) electrons. The lowest BCUT2D eigenvalue weighted by molar-refractivity contribution is 0.478. The summed E-state index contributed by atoms with van der Waals surface area (Å²) < 4.78 is 14.2. The Morgan fingerprint density at radius 3 is 2.60 bits per heavy atom. The van der Waals surface area contributed by atoms with Gasteiger partial charge in [-0.05, 0) is 73.0 Å². The first-order valence-corrected chi connectivity index (χ1v) is 13.0. The normalized spacial score (nSPS) is 12.8. The number of benzene rings is 1. The molecule has 0 spiro atoms. The molecule has 4 aromatic heterocycles. The van der Waals surface area contributed by atoms with Crippen LogP contribution < -0.4 is 5.32 Å². The molecule has 202 valence electrons. The van der Waals surface area contributed by atoms with Gasteiger partial charge in [-0.3, -0.25) is 5.10 Å². The molecule has 0 aliphatic rings. The second kappa shape index (κ2) is 10.4. The van der Waals surface area contributed by atoms with Gasteiger partial charge >= 0.3 is 0 Å². The highest BCUT2D eigenvalue weighted by molar-refractivity contribution is 5.95. The van der Waals surface area contributed by atoms with Crippen molar-refractivity contribution in [2.24, 2.45) is 5.41 Å². The molecule has 0 aliphatic carbocycles. The number of pyridine rings is 2. The summed E-state index contributed by atoms with van der Waals surface area (Å²) in [6.07, 6.45) is 7.43. The van der Waals surface area contributed by atoms with E-state index in [4.69, 9.17) is 9.97 Å². The summed E-state index contributed by atoms with van der Waals surface area (Å²) in [5.41, 5.74) is 8.91. The van der Waals surface area contributed by atoms with Crippen molar-refractivity contribution in [1.29, 1.82) is 0 Å². The molecule has 3 N–H and O–H groups in total. The van der Waals surface area contributed by atoms with Crippen LogP contribution in [0, 0.1) is 18.2 Å². The summed E-state index contributed by atoms with van der Waals surface area (Å²) in [5.74, 6) is 0.229. The number of H-pyrrole nitrogens is 2. The number of aryl methyl sites for hydroxylation is 1. The van der Waals surface area contributed by atoms with Crippen LogP contribution in [0.5, 0.6) is 0 Å². The van der Waals surface area contributed by atoms with Crippen LogP contribution >= 0.6 is 0 Å². The van der Waals surface area contributed by atoms with E-state index in [-0.39, 0.29) is 11.2 Å². The Bertz CT molecular complexity index is 1810. The van der Waals surface area contributed by atoms with Crippen LogP contribution in [0.3, 0.4) is 0 Å². The van der Waals surface area contributed by atoms with Gasteiger partial charge < -0.3 is 10.3 Å². The Hall–Kier alpha value is -4.85. The van der Waals surface area contributed by atoms with Gasteiger partial charge in [0.25, 0.3) is 0 Å². The number of aromatic amines is 2. The number of hydrogen-bond acceptors (Lipinski definition) is 5. The molecular weight excluding hydrogens is 501 g/mol. The third-order valence-electron chi connectivity index (χ3n) is 6.72. The fourth-order valence-corrected chi connectivity index (χ4v) is 4.36. The number of hydrogen-bond donors (Lipinski definition) is 3. The van der Waals surface area contributed by atoms with Crippen molar-refractivity contribution in [3.63, 3.8) is 0 Å². The van der Waals surface area contributed by atoms with Crippen molar-refractivity contribution in [3.8, 4) is 22.6 Å². The fraction of sp³-hybridized carbons (Fsp3) is 0.188. The van der Waals surface area contributed by atoms with Crippen LogP contribution in [0.1, 0.15) is 39.0 Å². The van der Waals surface area contributed by atoms with Gasteiger partial charge in [0.1, 0.15) is 11.3 Å². The first kappa shape index (κ1) is 26.7. The maximum Gasteiger partial charge on any atom is 0.178 e. The van der Waals surface area contributed by atoms with Gasteiger partial charge in [-0.25, -0.2) is 19.3 Å². The minimum absolute atomic E-state index is 0.101. The van der Waals surface area contributed by atoms with Gasteiger partial charge in [0.15, 0.2) is 17.2 Å². The Balaban J connectivity index is 1.56. The molecule has 0 bridgehead atoms. The number of nitrogens with zero attached hydrogens (tertiary/aromatic N) is 4. The van der Waals surface area contributed by atoms with Crippen LogP contribution in [-0.4, -0.2) is 30.1 Å². The van der Waals surface area contributed by atoms with Gasteiger partial charge in [-0.1, -0.05) is 46.1 Å². The largest absolute Gasteiger partial charge is 0.359 e. The van der Waals surface area contributed by atoms with Crippen LogP contribution in [-0.2, 0) is 0 Å². The standard InChI is InChI=1S/C32H32FN7/c1-8-20(17-23(9-2)35-19(4)32(5,6)7)25-10-11-26-28(36-25)29(40-39-26)31-37-27-24(12-13-34-30(27)38-31)21-14-18(3)15-22(33)16-21/h8-17,35H,2,4H2,1,3,5-7H3,(H,39,40)(H,34,37,38)/b20-8+,23-17+. The average molecular weight is 534 g/mol. The average Bonchev–Trinajstić information content (AvgIpc) is 3.53. The topological polar surface area (TPSA) is 95.2 Å². The lowest BCUT2D eigenvalue weighted by atomic mass is 9.92. The molecule has 7 nitrogen and oxygen atoms in total. The predicted molar refractivity (Wildman–Crippen MR) is 161 cm³/mol. The zero-order chi connectivity index (χ0) is 28.6. The first-order valence-electron chi connectivity index (χ1n) is 13.0. The molecule has 0 amide bonds. The van der Waals surface area contributed by atoms with Crippen molar-refractivity contribution in [3.05, 3.63) is 102 Å². The van der Waals surface area contributed by atoms with Crippen LogP contribution in [0.15, 0.2) is 85.4 Å². The number of fused-ring (bicyclic) bond motifs is 2. The van der Waals surface area contributed by atoms with E-state index in [0.717, 1.165) is 44.9 Å². The van der Waals surface area contributed by atoms with Gasteiger partial charge in [-0.15, -0.1) is 0 Å². The van der Waals surface area contributed by atoms with E-state index in [0.29, 0.717) is 28.2 Å². The van der Waals surface area contributed by atoms with Crippen LogP contribution in [0.25, 0.3) is 50.4 Å². The fourth-order valence-electron chi connectivity index (χ4n) is 4.36. The second-order valence-corrected chi connectivity index (χ2v) is 10.7. The molecule has 4 heterocycles. The summed E-state index contributed by atoms with van der Waals surface area (Å²) in [6.45, 7) is 18.3. The SMILES string of the molecule is C=C/C(=C\C(=C/C)c1ccc2[nH]nc(-c3nc4nccc(-c5cc(C)cc(F)c5)c4[nH]3)c2n1)NC(=C)C(C)(C)C. The molecule has 5 aromatic rings. The molecule has 0 atom stereocenters. The minimum atomic E-state index is -0.291. The quantitative estimate of drug-likeness (QED) is 0.187. The number of imidazole rings is 1. The lowest BCUT2D eigenvalue weighted by Crippen LogP contribution is -2.22. The molecule has 5 rings (SSSR count). The van der Waals surface area contributed by atoms with Crippen molar-refractivity contribution >= 4 is 27.8 Å². The third kappa shape index (κ3) is 5.20. The van der Waals surface area contributed by atoms with Crippen molar-refractivity contribution < 1.29 is 4.39 Å². The number of rotatable bonds is 7. The van der Waals surface area contributed by atoms with E-state index in [1.807, 2.05) is 50.3 Å². The van der Waals surface area contributed by atoms with E-state index >= 15 is 0 Å². The summed E-state index contributed by atoms with van der Waals surface area (Å²) in [5, 5.41) is 10.9. The molecule has 8 heteroatoms. The summed E-state index contributed by atoms with van der Waals surface area (Å²) >= 11 is 0. The number of halogens is 1. The monoisotopic (exact) mass is 533 g/mol. The summed E-state index contributed by atoms with van der Waals surface area (Å²) in [7, 11) is 0. The van der Waals surface area contributed by atoms with E-state index in [1.165, 1.54) is 12.1 Å². The molecule has 0 aliphatic heterocycles. The predicted octanol–water partition coefficient (Wildman–Crippen LogP) is 7.63. The molecule has 1 aromatic carbocycles. The van der Waals surface area contributed by atoms with Crippen molar-refractivity contribution in [2.75, 3.05) is 0 Å². The second-order valence-electron chi connectivity index (χ2n) is 10.7. The first-order chi connectivity index (χ1) is 19.1. The molecule has 0 unspecified atom stereocenters. The summed E-state index contributed by atoms with van der Waals surface area (Å²) in [4.78, 5) is 17.4. The summed E-state index contributed by atoms with van der Waals surface area (Å²) in [6, 6.07) is 10.7. The van der Waals surface area contributed by atoms with E-state index in [2.05, 4.69) is 59.4 Å². The van der Waals surface area contributed by atoms with Gasteiger partial charge in [-0.2, -0.15) is 5.10 Å². The lowest BCUT2D eigenvalue weighted by Gasteiger charge is -2.23. The molecular formula is C32H32FN7. The third-order valence-corrected chi connectivity index (χ3v) is 6.72. The Kier molecular flexibility index (Phi) is 6.94. The van der Waals surface area contributed by atoms with E-state index < -0.39 is 0 Å². The maximum atomic E-state index is 14.2. The van der Waals surface area contributed by atoms with Crippen molar-refractivity contribution in [1.82, 2.24) is 35.5 Å². The highest BCUT2D eigenvalue weighted by Crippen LogP contribution is 2.31. The Labute approximate surface area is 232 Å². The number of nitrogens with one attached hydrogen (secondary N) is 3. The minimum Gasteiger partial charge on any atom is -0.359 e. The molecule has 0 fully saturated rings.